The second-order valence-corrected chi connectivity index (χ2v) is 5.43. The highest BCUT2D eigenvalue weighted by Gasteiger charge is 2.17. The molecule has 2 rings (SSSR count). The van der Waals surface area contributed by atoms with Gasteiger partial charge in [-0.1, -0.05) is 25.8 Å². The molecule has 0 bridgehead atoms. The van der Waals surface area contributed by atoms with Gasteiger partial charge in [0, 0.05) is 18.3 Å². The van der Waals surface area contributed by atoms with Crippen LogP contribution in [-0.2, 0) is 6.54 Å². The SMILES string of the molecule is COc1ncccc1CNCC1CCC(C)CC1. The van der Waals surface area contributed by atoms with Crippen LogP contribution in [0.5, 0.6) is 5.88 Å². The van der Waals surface area contributed by atoms with Crippen LogP contribution in [0.15, 0.2) is 18.3 Å². The van der Waals surface area contributed by atoms with Crippen LogP contribution >= 0.6 is 0 Å². The van der Waals surface area contributed by atoms with E-state index < -0.39 is 0 Å². The fourth-order valence-corrected chi connectivity index (χ4v) is 2.69. The van der Waals surface area contributed by atoms with Crippen LogP contribution in [0.3, 0.4) is 0 Å². The molecule has 1 fully saturated rings. The highest BCUT2D eigenvalue weighted by Crippen LogP contribution is 2.27. The van der Waals surface area contributed by atoms with Crippen LogP contribution in [0.4, 0.5) is 0 Å². The lowest BCUT2D eigenvalue weighted by atomic mass is 9.83. The summed E-state index contributed by atoms with van der Waals surface area (Å²) in [5.74, 6) is 2.52. The summed E-state index contributed by atoms with van der Waals surface area (Å²) in [6.45, 7) is 4.33. The molecule has 1 aliphatic carbocycles. The number of nitrogens with one attached hydrogen (secondary N) is 1. The lowest BCUT2D eigenvalue weighted by Crippen LogP contribution is -2.25. The molecule has 1 saturated carbocycles. The van der Waals surface area contributed by atoms with Crippen molar-refractivity contribution in [2.24, 2.45) is 11.8 Å². The first-order valence-corrected chi connectivity index (χ1v) is 6.98. The van der Waals surface area contributed by atoms with Gasteiger partial charge < -0.3 is 10.1 Å². The molecule has 1 aliphatic rings. The summed E-state index contributed by atoms with van der Waals surface area (Å²) in [6.07, 6.45) is 7.30. The Kier molecular flexibility index (Phi) is 5.00. The fraction of sp³-hybridized carbons (Fsp3) is 0.667. The summed E-state index contributed by atoms with van der Waals surface area (Å²) in [5.41, 5.74) is 1.14. The quantitative estimate of drug-likeness (QED) is 0.869. The topological polar surface area (TPSA) is 34.1 Å². The number of hydrogen-bond donors (Lipinski definition) is 1. The Bertz CT molecular complexity index is 359. The van der Waals surface area contributed by atoms with E-state index in [4.69, 9.17) is 4.74 Å². The average Bonchev–Trinajstić information content (AvgIpc) is 2.41. The molecule has 0 spiro atoms. The molecule has 3 nitrogen and oxygen atoms in total. The first-order valence-electron chi connectivity index (χ1n) is 6.98. The molecule has 0 aliphatic heterocycles. The van der Waals surface area contributed by atoms with Gasteiger partial charge >= 0.3 is 0 Å². The Morgan fingerprint density at radius 3 is 2.83 bits per heavy atom. The van der Waals surface area contributed by atoms with Crippen molar-refractivity contribution in [3.63, 3.8) is 0 Å². The standard InChI is InChI=1S/C15H24N2O/c1-12-5-7-13(8-6-12)10-16-11-14-4-3-9-17-15(14)18-2/h3-4,9,12-13,16H,5-8,10-11H2,1-2H3. The van der Waals surface area contributed by atoms with Gasteiger partial charge in [-0.3, -0.25) is 0 Å². The molecule has 1 N–H and O–H groups in total. The van der Waals surface area contributed by atoms with Crippen molar-refractivity contribution in [1.82, 2.24) is 10.3 Å². The fourth-order valence-electron chi connectivity index (χ4n) is 2.69. The second-order valence-electron chi connectivity index (χ2n) is 5.43. The van der Waals surface area contributed by atoms with Crippen LogP contribution < -0.4 is 10.1 Å². The first kappa shape index (κ1) is 13.3. The Balaban J connectivity index is 1.75. The Hall–Kier alpha value is -1.09. The maximum Gasteiger partial charge on any atom is 0.217 e. The zero-order valence-electron chi connectivity index (χ0n) is 11.5. The molecule has 0 aromatic carbocycles. The van der Waals surface area contributed by atoms with Gasteiger partial charge in [0.25, 0.3) is 0 Å². The van der Waals surface area contributed by atoms with Crippen LogP contribution in [0.25, 0.3) is 0 Å². The second kappa shape index (κ2) is 6.74. The third-order valence-corrected chi connectivity index (χ3v) is 3.93. The number of methoxy groups -OCH3 is 1. The van der Waals surface area contributed by atoms with Crippen molar-refractivity contribution in [1.29, 1.82) is 0 Å². The van der Waals surface area contributed by atoms with Crippen molar-refractivity contribution in [3.8, 4) is 5.88 Å². The largest absolute Gasteiger partial charge is 0.481 e. The van der Waals surface area contributed by atoms with E-state index in [-0.39, 0.29) is 0 Å². The highest BCUT2D eigenvalue weighted by atomic mass is 16.5. The van der Waals surface area contributed by atoms with Gasteiger partial charge in [0.1, 0.15) is 0 Å². The first-order chi connectivity index (χ1) is 8.79. The van der Waals surface area contributed by atoms with E-state index in [9.17, 15) is 0 Å². The van der Waals surface area contributed by atoms with Gasteiger partial charge in [0.15, 0.2) is 0 Å². The van der Waals surface area contributed by atoms with Crippen molar-refractivity contribution >= 4 is 0 Å². The lowest BCUT2D eigenvalue weighted by molar-refractivity contribution is 0.281. The zero-order valence-corrected chi connectivity index (χ0v) is 11.5. The van der Waals surface area contributed by atoms with Gasteiger partial charge in [-0.05, 0) is 37.3 Å². The smallest absolute Gasteiger partial charge is 0.217 e. The van der Waals surface area contributed by atoms with Gasteiger partial charge in [-0.15, -0.1) is 0 Å². The van der Waals surface area contributed by atoms with Crippen molar-refractivity contribution < 1.29 is 4.74 Å². The van der Waals surface area contributed by atoms with Gasteiger partial charge in [0.05, 0.1) is 7.11 Å². The number of hydrogen-bond acceptors (Lipinski definition) is 3. The highest BCUT2D eigenvalue weighted by molar-refractivity contribution is 5.24. The number of aromatic nitrogens is 1. The minimum Gasteiger partial charge on any atom is -0.481 e. The third-order valence-electron chi connectivity index (χ3n) is 3.93. The number of nitrogens with zero attached hydrogens (tertiary/aromatic N) is 1. The van der Waals surface area contributed by atoms with E-state index >= 15 is 0 Å². The third kappa shape index (κ3) is 3.70. The van der Waals surface area contributed by atoms with E-state index in [0.717, 1.165) is 36.4 Å². The van der Waals surface area contributed by atoms with Gasteiger partial charge in [0.2, 0.25) is 5.88 Å². The van der Waals surface area contributed by atoms with Crippen molar-refractivity contribution in [3.05, 3.63) is 23.9 Å². The Morgan fingerprint density at radius 2 is 2.11 bits per heavy atom. The molecular weight excluding hydrogens is 224 g/mol. The lowest BCUT2D eigenvalue weighted by Gasteiger charge is -2.26. The maximum atomic E-state index is 5.25. The number of rotatable bonds is 5. The summed E-state index contributed by atoms with van der Waals surface area (Å²) < 4.78 is 5.25. The maximum absolute atomic E-state index is 5.25. The molecule has 0 radical (unpaired) electrons. The van der Waals surface area contributed by atoms with E-state index in [0.29, 0.717) is 0 Å². The summed E-state index contributed by atoms with van der Waals surface area (Å²) in [7, 11) is 1.67. The monoisotopic (exact) mass is 248 g/mol. The number of pyridine rings is 1. The van der Waals surface area contributed by atoms with Gasteiger partial charge in [-0.25, -0.2) is 4.98 Å². The Morgan fingerprint density at radius 1 is 1.33 bits per heavy atom. The molecule has 3 heteroatoms. The minimum absolute atomic E-state index is 0.738. The van der Waals surface area contributed by atoms with Gasteiger partial charge in [-0.2, -0.15) is 0 Å². The summed E-state index contributed by atoms with van der Waals surface area (Å²) in [6, 6.07) is 4.03. The Labute approximate surface area is 110 Å². The molecule has 0 saturated heterocycles. The van der Waals surface area contributed by atoms with Crippen LogP contribution in [0.2, 0.25) is 0 Å². The van der Waals surface area contributed by atoms with E-state index in [1.165, 1.54) is 25.7 Å². The van der Waals surface area contributed by atoms with Crippen LogP contribution in [0.1, 0.15) is 38.2 Å². The molecule has 1 aromatic heterocycles. The molecule has 0 amide bonds. The summed E-state index contributed by atoms with van der Waals surface area (Å²) >= 11 is 0. The molecule has 18 heavy (non-hydrogen) atoms. The normalized spacial score (nSPS) is 23.9. The van der Waals surface area contributed by atoms with Crippen molar-refractivity contribution in [2.75, 3.05) is 13.7 Å². The molecule has 1 heterocycles. The summed E-state index contributed by atoms with van der Waals surface area (Å²) in [5, 5.41) is 3.54. The molecule has 1 aromatic rings. The molecular formula is C15H24N2O. The van der Waals surface area contributed by atoms with Crippen molar-refractivity contribution in [2.45, 2.75) is 39.2 Å². The zero-order chi connectivity index (χ0) is 12.8. The van der Waals surface area contributed by atoms with E-state index in [2.05, 4.69) is 23.3 Å². The summed E-state index contributed by atoms with van der Waals surface area (Å²) in [4.78, 5) is 4.21. The van der Waals surface area contributed by atoms with Crippen LogP contribution in [-0.4, -0.2) is 18.6 Å². The minimum atomic E-state index is 0.738. The molecule has 0 atom stereocenters. The van der Waals surface area contributed by atoms with E-state index in [1.807, 2.05) is 6.07 Å². The molecule has 0 unspecified atom stereocenters. The number of ether oxygens (including phenoxy) is 1. The van der Waals surface area contributed by atoms with E-state index in [1.54, 1.807) is 13.3 Å². The molecule has 100 valence electrons. The van der Waals surface area contributed by atoms with Crippen LogP contribution in [0, 0.1) is 11.8 Å². The predicted molar refractivity (Wildman–Crippen MR) is 73.6 cm³/mol. The predicted octanol–water partition coefficient (Wildman–Crippen LogP) is 3.01. The average molecular weight is 248 g/mol.